The van der Waals surface area contributed by atoms with Gasteiger partial charge in [0.05, 0.1) is 31.5 Å². The lowest BCUT2D eigenvalue weighted by molar-refractivity contribution is 0.0411. The molecule has 162 valence electrons. The molecule has 4 rings (SSSR count). The Morgan fingerprint density at radius 1 is 1.13 bits per heavy atom. The number of methoxy groups -OCH3 is 2. The zero-order valence-corrected chi connectivity index (χ0v) is 17.0. The maximum atomic E-state index is 13.3. The Hall–Kier alpha value is -3.72. The number of carboxylic acid groups (broad SMARTS) is 1. The smallest absolute Gasteiger partial charge is 0.414 e. The van der Waals surface area contributed by atoms with E-state index in [1.165, 1.54) is 18.1 Å². The topological polar surface area (TPSA) is 120 Å². The van der Waals surface area contributed by atoms with Crippen molar-refractivity contribution < 1.29 is 34.4 Å². The first kappa shape index (κ1) is 20.5. The van der Waals surface area contributed by atoms with E-state index in [0.29, 0.717) is 10.6 Å². The molecule has 3 N–H and O–H groups in total. The van der Waals surface area contributed by atoms with Crippen LogP contribution in [0.2, 0.25) is 0 Å². The lowest BCUT2D eigenvalue weighted by Gasteiger charge is -2.38. The summed E-state index contributed by atoms with van der Waals surface area (Å²) in [6, 6.07) is 8.97. The van der Waals surface area contributed by atoms with Crippen LogP contribution in [0.4, 0.5) is 10.5 Å². The Balaban J connectivity index is 1.77. The molecule has 2 aromatic rings. The number of benzene rings is 2. The van der Waals surface area contributed by atoms with E-state index in [1.54, 1.807) is 7.11 Å². The van der Waals surface area contributed by atoms with Crippen LogP contribution in [0.1, 0.15) is 22.3 Å². The fourth-order valence-corrected chi connectivity index (χ4v) is 4.08. The van der Waals surface area contributed by atoms with Gasteiger partial charge in [-0.2, -0.15) is 0 Å². The second-order valence-electron chi connectivity index (χ2n) is 7.29. The SMILES string of the molecule is COc1ccc(C2=CCN3C(=O)c4cc(OC)c(O)cc4N(C(=O)O)C(O)[C@@H]3C2)cc1. The van der Waals surface area contributed by atoms with E-state index in [1.807, 2.05) is 30.3 Å². The normalized spacial score (nSPS) is 20.4. The molecule has 0 fully saturated rings. The molecule has 1 unspecified atom stereocenters. The Bertz CT molecular complexity index is 1060. The van der Waals surface area contributed by atoms with Crippen LogP contribution in [0.25, 0.3) is 5.57 Å². The van der Waals surface area contributed by atoms with E-state index in [-0.39, 0.29) is 35.7 Å². The molecular formula is C22H22N2O7. The third-order valence-electron chi connectivity index (χ3n) is 5.69. The van der Waals surface area contributed by atoms with E-state index in [2.05, 4.69) is 0 Å². The Morgan fingerprint density at radius 3 is 2.45 bits per heavy atom. The highest BCUT2D eigenvalue weighted by atomic mass is 16.5. The highest BCUT2D eigenvalue weighted by Gasteiger charge is 2.44. The van der Waals surface area contributed by atoms with Crippen molar-refractivity contribution >= 4 is 23.3 Å². The zero-order chi connectivity index (χ0) is 22.3. The van der Waals surface area contributed by atoms with E-state index in [0.717, 1.165) is 17.2 Å². The summed E-state index contributed by atoms with van der Waals surface area (Å²) >= 11 is 0. The molecule has 0 aliphatic carbocycles. The molecule has 2 atom stereocenters. The van der Waals surface area contributed by atoms with Gasteiger partial charge in [0.2, 0.25) is 0 Å². The molecule has 0 radical (unpaired) electrons. The third kappa shape index (κ3) is 3.42. The number of aliphatic hydroxyl groups excluding tert-OH is 1. The summed E-state index contributed by atoms with van der Waals surface area (Å²) in [6.07, 6.45) is -0.831. The van der Waals surface area contributed by atoms with Gasteiger partial charge in [0.25, 0.3) is 5.91 Å². The number of rotatable bonds is 3. The zero-order valence-electron chi connectivity index (χ0n) is 17.0. The summed E-state index contributed by atoms with van der Waals surface area (Å²) in [5.74, 6) is -0.0416. The molecule has 0 saturated heterocycles. The molecule has 0 aromatic heterocycles. The molecule has 2 amide bonds. The van der Waals surface area contributed by atoms with Crippen molar-refractivity contribution in [2.75, 3.05) is 25.7 Å². The minimum Gasteiger partial charge on any atom is -0.504 e. The average Bonchev–Trinajstić information content (AvgIpc) is 2.86. The number of ether oxygens (including phenoxy) is 2. The molecule has 0 saturated carbocycles. The quantitative estimate of drug-likeness (QED) is 0.690. The first-order chi connectivity index (χ1) is 14.8. The molecule has 0 spiro atoms. The number of carbonyl (C=O) groups excluding carboxylic acids is 1. The fourth-order valence-electron chi connectivity index (χ4n) is 4.08. The molecule has 2 aromatic carbocycles. The number of hydrogen-bond donors (Lipinski definition) is 3. The van der Waals surface area contributed by atoms with Crippen LogP contribution in [-0.2, 0) is 0 Å². The highest BCUT2D eigenvalue weighted by molar-refractivity contribution is 6.06. The summed E-state index contributed by atoms with van der Waals surface area (Å²) in [6.45, 7) is 0.192. The van der Waals surface area contributed by atoms with Gasteiger partial charge in [-0.15, -0.1) is 0 Å². The van der Waals surface area contributed by atoms with Crippen molar-refractivity contribution in [3.8, 4) is 17.2 Å². The van der Waals surface area contributed by atoms with Gasteiger partial charge in [-0.05, 0) is 35.8 Å². The number of amides is 2. The number of phenolic OH excluding ortho intramolecular Hbond substituents is 1. The van der Waals surface area contributed by atoms with Gasteiger partial charge in [-0.1, -0.05) is 18.2 Å². The maximum Gasteiger partial charge on any atom is 0.414 e. The van der Waals surface area contributed by atoms with E-state index < -0.39 is 24.3 Å². The van der Waals surface area contributed by atoms with E-state index >= 15 is 0 Å². The van der Waals surface area contributed by atoms with Crippen molar-refractivity contribution in [1.29, 1.82) is 0 Å². The summed E-state index contributed by atoms with van der Waals surface area (Å²) in [5, 5.41) is 31.0. The van der Waals surface area contributed by atoms with Crippen molar-refractivity contribution in [2.24, 2.45) is 0 Å². The van der Waals surface area contributed by atoms with Gasteiger partial charge in [-0.3, -0.25) is 4.79 Å². The number of nitrogens with zero attached hydrogens (tertiary/aromatic N) is 2. The van der Waals surface area contributed by atoms with Gasteiger partial charge in [0.15, 0.2) is 17.7 Å². The van der Waals surface area contributed by atoms with Crippen LogP contribution in [-0.4, -0.2) is 65.3 Å². The van der Waals surface area contributed by atoms with Crippen molar-refractivity contribution in [2.45, 2.75) is 18.7 Å². The van der Waals surface area contributed by atoms with E-state index in [4.69, 9.17) is 9.47 Å². The lowest BCUT2D eigenvalue weighted by Crippen LogP contribution is -2.54. The number of aromatic hydroxyl groups is 1. The molecule has 31 heavy (non-hydrogen) atoms. The average molecular weight is 426 g/mol. The van der Waals surface area contributed by atoms with Gasteiger partial charge in [0.1, 0.15) is 5.75 Å². The summed E-state index contributed by atoms with van der Waals surface area (Å²) in [7, 11) is 2.91. The number of aliphatic hydroxyl groups is 1. The summed E-state index contributed by atoms with van der Waals surface area (Å²) in [4.78, 5) is 27.5. The van der Waals surface area contributed by atoms with Gasteiger partial charge >= 0.3 is 6.09 Å². The van der Waals surface area contributed by atoms with Crippen LogP contribution in [0.5, 0.6) is 17.2 Å². The van der Waals surface area contributed by atoms with E-state index in [9.17, 15) is 24.9 Å². The Kier molecular flexibility index (Phi) is 5.20. The first-order valence-corrected chi connectivity index (χ1v) is 9.61. The van der Waals surface area contributed by atoms with Gasteiger partial charge in [0, 0.05) is 12.6 Å². The number of phenols is 1. The first-order valence-electron chi connectivity index (χ1n) is 9.61. The number of fused-ring (bicyclic) bond motifs is 2. The second-order valence-corrected chi connectivity index (χ2v) is 7.29. The summed E-state index contributed by atoms with van der Waals surface area (Å²) in [5.41, 5.74) is 1.71. The minimum atomic E-state index is -1.53. The molecular weight excluding hydrogens is 404 g/mol. The minimum absolute atomic E-state index is 0.0277. The molecule has 9 nitrogen and oxygen atoms in total. The summed E-state index contributed by atoms with van der Waals surface area (Å²) < 4.78 is 10.3. The molecule has 2 aliphatic heterocycles. The fraction of sp³-hybridized carbons (Fsp3) is 0.273. The molecule has 2 aliphatic rings. The predicted molar refractivity (Wildman–Crippen MR) is 112 cm³/mol. The van der Waals surface area contributed by atoms with Crippen LogP contribution in [0.3, 0.4) is 0 Å². The van der Waals surface area contributed by atoms with Crippen molar-refractivity contribution in [1.82, 2.24) is 4.90 Å². The molecule has 9 heteroatoms. The highest BCUT2D eigenvalue weighted by Crippen LogP contribution is 2.41. The van der Waals surface area contributed by atoms with Crippen LogP contribution < -0.4 is 14.4 Å². The number of anilines is 1. The van der Waals surface area contributed by atoms with Gasteiger partial charge < -0.3 is 29.7 Å². The maximum absolute atomic E-state index is 13.3. The van der Waals surface area contributed by atoms with Gasteiger partial charge in [-0.25, -0.2) is 9.69 Å². The standard InChI is InChI=1S/C22H22N2O7/c1-30-14-5-3-12(4-6-14)13-7-8-23-17(9-13)21(27)24(22(28)29)16-11-18(25)19(31-2)10-15(16)20(23)26/h3-7,10-11,17,21,25,27H,8-9H2,1-2H3,(H,28,29)/t17-,21?/m0/s1. The van der Waals surface area contributed by atoms with Crippen molar-refractivity contribution in [3.05, 3.63) is 53.6 Å². The molecule has 2 heterocycles. The Labute approximate surface area is 178 Å². The number of carbonyl (C=O) groups is 2. The van der Waals surface area contributed by atoms with Crippen LogP contribution >= 0.6 is 0 Å². The monoisotopic (exact) mass is 426 g/mol. The lowest BCUT2D eigenvalue weighted by atomic mass is 9.93. The third-order valence-corrected chi connectivity index (χ3v) is 5.69. The largest absolute Gasteiger partial charge is 0.504 e. The molecule has 0 bridgehead atoms. The van der Waals surface area contributed by atoms with Crippen LogP contribution in [0, 0.1) is 0 Å². The Morgan fingerprint density at radius 2 is 1.84 bits per heavy atom. The number of hydrogen-bond acceptors (Lipinski definition) is 6. The second kappa shape index (κ2) is 7.84. The van der Waals surface area contributed by atoms with Crippen molar-refractivity contribution in [3.63, 3.8) is 0 Å². The van der Waals surface area contributed by atoms with Crippen LogP contribution in [0.15, 0.2) is 42.5 Å². The predicted octanol–water partition coefficient (Wildman–Crippen LogP) is 2.52.